The lowest BCUT2D eigenvalue weighted by atomic mass is 10.1. The van der Waals surface area contributed by atoms with E-state index in [4.69, 9.17) is 9.47 Å². The van der Waals surface area contributed by atoms with Crippen molar-refractivity contribution in [1.82, 2.24) is 21.1 Å². The quantitative estimate of drug-likeness (QED) is 0.721. The molecule has 1 atom stereocenters. The first-order valence-corrected chi connectivity index (χ1v) is 8.76. The number of aromatic nitrogens is 3. The van der Waals surface area contributed by atoms with Gasteiger partial charge >= 0.3 is 0 Å². The second-order valence-corrected chi connectivity index (χ2v) is 6.83. The van der Waals surface area contributed by atoms with Gasteiger partial charge in [0.05, 0.1) is 47.5 Å². The summed E-state index contributed by atoms with van der Waals surface area (Å²) in [5, 5.41) is 0.430. The molecule has 0 saturated carbocycles. The molecule has 0 bridgehead atoms. The van der Waals surface area contributed by atoms with E-state index in [2.05, 4.69) is 15.0 Å². The van der Waals surface area contributed by atoms with Crippen LogP contribution in [-0.4, -0.2) is 33.4 Å². The maximum absolute atomic E-state index is 12.7. The first-order valence-electron chi connectivity index (χ1n) is 7.44. The summed E-state index contributed by atoms with van der Waals surface area (Å²) in [4.78, 5) is 11.9. The van der Waals surface area contributed by atoms with Gasteiger partial charge in [-0.1, -0.05) is 0 Å². The lowest BCUT2D eigenvalue weighted by Crippen LogP contribution is -2.05. The molecule has 0 radical (unpaired) electrons. The minimum Gasteiger partial charge on any atom is -0.497 e. The number of fused-ring (bicyclic) bond motifs is 1. The fourth-order valence-corrected chi connectivity index (χ4v) is 3.71. The van der Waals surface area contributed by atoms with Gasteiger partial charge in [-0.15, -0.1) is 0 Å². The molecule has 25 heavy (non-hydrogen) atoms. The normalized spacial score (nSPS) is 11.8. The molecular weight excluding hydrogens is 340 g/mol. The molecule has 0 fully saturated rings. The summed E-state index contributed by atoms with van der Waals surface area (Å²) in [5.41, 5.74) is 4.16. The molecule has 4 N–H and O–H groups in total. The Morgan fingerprint density at radius 3 is 2.64 bits per heavy atom. The Morgan fingerprint density at radius 2 is 1.96 bits per heavy atom. The zero-order valence-corrected chi connectivity index (χ0v) is 15.6. The number of nitrogens with one attached hydrogen (secondary N) is 1. The highest BCUT2D eigenvalue weighted by Crippen LogP contribution is 2.26. The van der Waals surface area contributed by atoms with Crippen LogP contribution in [0.1, 0.15) is 16.8 Å². The third-order valence-corrected chi connectivity index (χ3v) is 5.06. The van der Waals surface area contributed by atoms with Crippen molar-refractivity contribution in [3.8, 4) is 11.5 Å². The number of nitrogens with zero attached hydrogens (tertiary/aromatic N) is 2. The molecule has 0 aliphatic heterocycles. The summed E-state index contributed by atoms with van der Waals surface area (Å²) in [6, 6.07) is 5.50. The predicted molar refractivity (Wildman–Crippen MR) is 98.0 cm³/mol. The van der Waals surface area contributed by atoms with Crippen molar-refractivity contribution in [2.24, 2.45) is 0 Å². The highest BCUT2D eigenvalue weighted by Gasteiger charge is 2.16. The van der Waals surface area contributed by atoms with Gasteiger partial charge < -0.3 is 20.6 Å². The number of aromatic amines is 1. The van der Waals surface area contributed by atoms with Crippen molar-refractivity contribution >= 4 is 21.8 Å². The molecule has 8 heteroatoms. The molecule has 2 heterocycles. The van der Waals surface area contributed by atoms with Gasteiger partial charge in [0.25, 0.3) is 0 Å². The number of hydrogen-bond donors (Lipinski definition) is 2. The van der Waals surface area contributed by atoms with Crippen molar-refractivity contribution < 1.29 is 13.7 Å². The smallest absolute Gasteiger partial charge is 0.197 e. The number of hydrogen-bond acceptors (Lipinski definition) is 6. The van der Waals surface area contributed by atoms with Gasteiger partial charge in [0.1, 0.15) is 11.5 Å². The third-order valence-electron chi connectivity index (χ3n) is 3.90. The van der Waals surface area contributed by atoms with Crippen LogP contribution in [-0.2, 0) is 16.6 Å². The summed E-state index contributed by atoms with van der Waals surface area (Å²) < 4.78 is 23.3. The molecule has 0 aliphatic rings. The minimum absolute atomic E-state index is 0. The Balaban J connectivity index is 0.00000225. The Morgan fingerprint density at radius 1 is 1.20 bits per heavy atom. The number of methoxy groups -OCH3 is 2. The Hall–Kier alpha value is -2.45. The van der Waals surface area contributed by atoms with Crippen LogP contribution in [0.5, 0.6) is 11.5 Å². The zero-order chi connectivity index (χ0) is 17.3. The van der Waals surface area contributed by atoms with Gasteiger partial charge in [-0.3, -0.25) is 9.19 Å². The van der Waals surface area contributed by atoms with Gasteiger partial charge in [-0.25, -0.2) is 4.98 Å². The van der Waals surface area contributed by atoms with Gasteiger partial charge in [-0.2, -0.15) is 0 Å². The van der Waals surface area contributed by atoms with E-state index in [-0.39, 0.29) is 11.9 Å². The Kier molecular flexibility index (Phi) is 5.76. The topological polar surface area (TPSA) is 112 Å². The van der Waals surface area contributed by atoms with Crippen LogP contribution in [0.25, 0.3) is 11.0 Å². The monoisotopic (exact) mass is 362 g/mol. The molecule has 0 amide bonds. The third kappa shape index (κ3) is 3.64. The van der Waals surface area contributed by atoms with Crippen LogP contribution in [0.4, 0.5) is 0 Å². The van der Waals surface area contributed by atoms with Crippen LogP contribution in [0, 0.1) is 13.8 Å². The molecule has 1 aromatic carbocycles. The largest absolute Gasteiger partial charge is 0.497 e. The summed E-state index contributed by atoms with van der Waals surface area (Å²) in [6.45, 7) is 3.86. The maximum Gasteiger partial charge on any atom is 0.197 e. The average molecular weight is 362 g/mol. The summed E-state index contributed by atoms with van der Waals surface area (Å²) in [7, 11) is 1.91. The van der Waals surface area contributed by atoms with Crippen molar-refractivity contribution in [1.29, 1.82) is 0 Å². The predicted octanol–water partition coefficient (Wildman–Crippen LogP) is 3.06. The minimum atomic E-state index is -1.33. The Labute approximate surface area is 148 Å². The number of ether oxygens (including phenoxy) is 2. The number of rotatable bonds is 5. The van der Waals surface area contributed by atoms with Crippen LogP contribution < -0.4 is 15.6 Å². The summed E-state index contributed by atoms with van der Waals surface area (Å²) in [6.07, 6.45) is 1.74. The van der Waals surface area contributed by atoms with Crippen LogP contribution in [0.15, 0.2) is 29.6 Å². The molecule has 2 aromatic heterocycles. The van der Waals surface area contributed by atoms with Crippen LogP contribution in [0.3, 0.4) is 0 Å². The molecule has 3 aromatic rings. The van der Waals surface area contributed by atoms with E-state index in [1.54, 1.807) is 20.4 Å². The van der Waals surface area contributed by atoms with Crippen molar-refractivity contribution in [2.75, 3.05) is 14.2 Å². The molecular formula is C17H22N4O3S. The second kappa shape index (κ2) is 7.62. The van der Waals surface area contributed by atoms with E-state index in [0.29, 0.717) is 5.16 Å². The molecule has 1 unspecified atom stereocenters. The lowest BCUT2D eigenvalue weighted by Gasteiger charge is -2.11. The second-order valence-electron chi connectivity index (χ2n) is 5.46. The van der Waals surface area contributed by atoms with Crippen molar-refractivity contribution in [3.05, 3.63) is 41.2 Å². The molecule has 0 saturated heterocycles. The van der Waals surface area contributed by atoms with Crippen LogP contribution in [0.2, 0.25) is 0 Å². The molecule has 134 valence electrons. The van der Waals surface area contributed by atoms with Crippen molar-refractivity contribution in [2.45, 2.75) is 24.8 Å². The summed E-state index contributed by atoms with van der Waals surface area (Å²) in [5.74, 6) is 1.79. The number of benzene rings is 1. The van der Waals surface area contributed by atoms with Crippen molar-refractivity contribution in [3.63, 3.8) is 0 Å². The van der Waals surface area contributed by atoms with Gasteiger partial charge in [0.2, 0.25) is 0 Å². The number of imidazole rings is 1. The average Bonchev–Trinajstić information content (AvgIpc) is 3.01. The fraction of sp³-hybridized carbons (Fsp3) is 0.294. The maximum atomic E-state index is 12.7. The van der Waals surface area contributed by atoms with E-state index < -0.39 is 10.8 Å². The highest BCUT2D eigenvalue weighted by atomic mass is 32.2. The van der Waals surface area contributed by atoms with E-state index in [0.717, 1.165) is 39.4 Å². The Bertz CT molecular complexity index is 924. The molecule has 0 spiro atoms. The lowest BCUT2D eigenvalue weighted by molar-refractivity contribution is 0.407. The standard InChI is InChI=1S/C17H19N3O3S.H3N/c1-10-8-18-15(11(2)16(10)23-4)9-24(21)17-19-13-6-5-12(22-3)7-14(13)20-17;/h5-8H,9H2,1-4H3,(H,19,20);1H3. The SMILES string of the molecule is COc1ccc2nc(S(=O)Cc3ncc(C)c(OC)c3C)[nH]c2c1.N. The summed E-state index contributed by atoms with van der Waals surface area (Å²) >= 11 is 0. The first kappa shape index (κ1) is 18.9. The van der Waals surface area contributed by atoms with Gasteiger partial charge in [-0.05, 0) is 26.0 Å². The van der Waals surface area contributed by atoms with Gasteiger partial charge in [0, 0.05) is 23.4 Å². The molecule has 0 aliphatic carbocycles. The molecule has 7 nitrogen and oxygen atoms in total. The number of pyridine rings is 1. The fourth-order valence-electron chi connectivity index (χ4n) is 2.61. The van der Waals surface area contributed by atoms with E-state index >= 15 is 0 Å². The van der Waals surface area contributed by atoms with Crippen LogP contribution >= 0.6 is 0 Å². The molecule has 3 rings (SSSR count). The number of aryl methyl sites for hydroxylation is 1. The van der Waals surface area contributed by atoms with Gasteiger partial charge in [0.15, 0.2) is 5.16 Å². The van der Waals surface area contributed by atoms with E-state index in [1.807, 2.05) is 32.0 Å². The zero-order valence-electron chi connectivity index (χ0n) is 14.8. The van der Waals surface area contributed by atoms with E-state index in [1.165, 1.54) is 0 Å². The first-order chi connectivity index (χ1) is 11.5. The van der Waals surface area contributed by atoms with E-state index in [9.17, 15) is 4.21 Å². The number of H-pyrrole nitrogens is 1. The highest BCUT2D eigenvalue weighted by molar-refractivity contribution is 7.84.